The first kappa shape index (κ1) is 13.1. The van der Waals surface area contributed by atoms with E-state index >= 15 is 0 Å². The van der Waals surface area contributed by atoms with Crippen molar-refractivity contribution < 1.29 is 9.47 Å². The van der Waals surface area contributed by atoms with Crippen LogP contribution < -0.4 is 15.2 Å². The summed E-state index contributed by atoms with van der Waals surface area (Å²) in [5.74, 6) is 2.01. The molecule has 0 unspecified atom stereocenters. The summed E-state index contributed by atoms with van der Waals surface area (Å²) in [6.07, 6.45) is 2.57. The maximum atomic E-state index is 6.41. The van der Waals surface area contributed by atoms with Crippen LogP contribution in [0, 0.1) is 6.92 Å². The van der Waals surface area contributed by atoms with Gasteiger partial charge in [0, 0.05) is 36.2 Å². The molecule has 0 fully saturated rings. The summed E-state index contributed by atoms with van der Waals surface area (Å²) in [7, 11) is 1.80. The predicted octanol–water partition coefficient (Wildman–Crippen LogP) is 2.79. The van der Waals surface area contributed by atoms with Crippen LogP contribution in [0.3, 0.4) is 0 Å². The second-order valence-electron chi connectivity index (χ2n) is 4.80. The number of nitrogens with two attached hydrogens (primary N) is 1. The predicted molar refractivity (Wildman–Crippen MR) is 78.4 cm³/mol. The minimum absolute atomic E-state index is 0.574. The maximum Gasteiger partial charge on any atom is 0.164 e. The molecule has 6 heteroatoms. The van der Waals surface area contributed by atoms with E-state index in [0.29, 0.717) is 29.8 Å². The van der Waals surface area contributed by atoms with Crippen LogP contribution in [0.4, 0.5) is 5.82 Å². The number of ether oxygens (including phenoxy) is 2. The lowest BCUT2D eigenvalue weighted by atomic mass is 10.0. The Labute approximate surface area is 122 Å². The molecule has 1 aromatic heterocycles. The smallest absolute Gasteiger partial charge is 0.164 e. The molecule has 2 aromatic rings. The number of halogens is 1. The number of hydrogen-bond acceptors (Lipinski definition) is 4. The average molecular weight is 294 g/mol. The number of nitrogen functional groups attached to an aromatic ring is 1. The Morgan fingerprint density at radius 1 is 1.35 bits per heavy atom. The second-order valence-corrected chi connectivity index (χ2v) is 5.21. The van der Waals surface area contributed by atoms with E-state index in [4.69, 9.17) is 26.8 Å². The van der Waals surface area contributed by atoms with Crippen LogP contribution in [0.15, 0.2) is 12.3 Å². The summed E-state index contributed by atoms with van der Waals surface area (Å²) >= 11 is 6.41. The fourth-order valence-corrected chi connectivity index (χ4v) is 2.75. The molecule has 5 nitrogen and oxygen atoms in total. The molecule has 0 spiro atoms. The highest BCUT2D eigenvalue weighted by atomic mass is 35.5. The van der Waals surface area contributed by atoms with Gasteiger partial charge in [0.1, 0.15) is 5.82 Å². The Morgan fingerprint density at radius 2 is 2.10 bits per heavy atom. The fourth-order valence-electron chi connectivity index (χ4n) is 2.40. The van der Waals surface area contributed by atoms with Gasteiger partial charge in [0.05, 0.1) is 24.4 Å². The van der Waals surface area contributed by atoms with E-state index in [0.717, 1.165) is 28.9 Å². The topological polar surface area (TPSA) is 62.3 Å². The van der Waals surface area contributed by atoms with Crippen molar-refractivity contribution in [3.05, 3.63) is 22.8 Å². The minimum atomic E-state index is 0.574. The quantitative estimate of drug-likeness (QED) is 0.878. The van der Waals surface area contributed by atoms with Gasteiger partial charge in [-0.25, -0.2) is 0 Å². The average Bonchev–Trinajstić information content (AvgIpc) is 2.65. The molecule has 0 aliphatic carbocycles. The first-order valence-electron chi connectivity index (χ1n) is 6.46. The molecule has 0 radical (unpaired) electrons. The van der Waals surface area contributed by atoms with Gasteiger partial charge in [-0.2, -0.15) is 5.10 Å². The largest absolute Gasteiger partial charge is 0.489 e. The van der Waals surface area contributed by atoms with Crippen molar-refractivity contribution in [3.63, 3.8) is 0 Å². The Hall–Kier alpha value is -1.88. The molecule has 1 aliphatic heterocycles. The van der Waals surface area contributed by atoms with Gasteiger partial charge in [-0.05, 0) is 6.92 Å². The monoisotopic (exact) mass is 293 g/mol. The van der Waals surface area contributed by atoms with Crippen LogP contribution in [0.5, 0.6) is 11.5 Å². The van der Waals surface area contributed by atoms with Crippen LogP contribution in [0.2, 0.25) is 5.02 Å². The van der Waals surface area contributed by atoms with Gasteiger partial charge in [0.25, 0.3) is 0 Å². The van der Waals surface area contributed by atoms with E-state index in [1.165, 1.54) is 0 Å². The van der Waals surface area contributed by atoms with Crippen molar-refractivity contribution >= 4 is 17.4 Å². The number of aromatic nitrogens is 2. The molecule has 0 amide bonds. The highest BCUT2D eigenvalue weighted by Gasteiger charge is 2.22. The standard InChI is InChI=1S/C14H16ClN3O2/c1-8-12(9-7-17-18(2)14(9)16)10(15)6-11-13(8)20-5-3-4-19-11/h6-7H,3-5,16H2,1-2H3. The molecule has 0 bridgehead atoms. The summed E-state index contributed by atoms with van der Waals surface area (Å²) < 4.78 is 13.1. The van der Waals surface area contributed by atoms with Crippen molar-refractivity contribution in [1.29, 1.82) is 0 Å². The maximum absolute atomic E-state index is 6.41. The number of nitrogens with zero attached hydrogens (tertiary/aromatic N) is 2. The van der Waals surface area contributed by atoms with Crippen LogP contribution in [0.1, 0.15) is 12.0 Å². The SMILES string of the molecule is Cc1c2c(cc(Cl)c1-c1cnn(C)c1N)OCCCO2. The van der Waals surface area contributed by atoms with E-state index in [9.17, 15) is 0 Å². The molecule has 0 saturated carbocycles. The van der Waals surface area contributed by atoms with E-state index in [2.05, 4.69) is 5.10 Å². The van der Waals surface area contributed by atoms with Gasteiger partial charge in [-0.1, -0.05) is 11.6 Å². The Balaban J connectivity index is 2.22. The molecule has 20 heavy (non-hydrogen) atoms. The first-order valence-corrected chi connectivity index (χ1v) is 6.84. The molecular formula is C14H16ClN3O2. The van der Waals surface area contributed by atoms with Crippen LogP contribution in [-0.4, -0.2) is 23.0 Å². The third kappa shape index (κ3) is 1.98. The minimum Gasteiger partial charge on any atom is -0.489 e. The molecule has 2 N–H and O–H groups in total. The second kappa shape index (κ2) is 4.90. The summed E-state index contributed by atoms with van der Waals surface area (Å²) in [5.41, 5.74) is 8.63. The molecule has 1 aliphatic rings. The molecule has 106 valence electrons. The van der Waals surface area contributed by atoms with E-state index in [-0.39, 0.29) is 0 Å². The van der Waals surface area contributed by atoms with Crippen molar-refractivity contribution in [2.75, 3.05) is 18.9 Å². The molecule has 1 aromatic carbocycles. The van der Waals surface area contributed by atoms with Crippen LogP contribution in [-0.2, 0) is 7.05 Å². The Morgan fingerprint density at radius 3 is 2.80 bits per heavy atom. The van der Waals surface area contributed by atoms with Crippen molar-refractivity contribution in [1.82, 2.24) is 9.78 Å². The zero-order valence-electron chi connectivity index (χ0n) is 11.4. The molecule has 0 saturated heterocycles. The Kier molecular flexibility index (Phi) is 3.22. The molecular weight excluding hydrogens is 278 g/mol. The zero-order valence-corrected chi connectivity index (χ0v) is 12.2. The first-order chi connectivity index (χ1) is 9.59. The van der Waals surface area contributed by atoms with Gasteiger partial charge < -0.3 is 15.2 Å². The third-order valence-corrected chi connectivity index (χ3v) is 3.78. The fraction of sp³-hybridized carbons (Fsp3) is 0.357. The van der Waals surface area contributed by atoms with Gasteiger partial charge >= 0.3 is 0 Å². The number of hydrogen-bond donors (Lipinski definition) is 1. The number of rotatable bonds is 1. The van der Waals surface area contributed by atoms with Crippen molar-refractivity contribution in [3.8, 4) is 22.6 Å². The van der Waals surface area contributed by atoms with Gasteiger partial charge in [-0.3, -0.25) is 4.68 Å². The third-order valence-electron chi connectivity index (χ3n) is 3.48. The molecule has 2 heterocycles. The van der Waals surface area contributed by atoms with Crippen molar-refractivity contribution in [2.45, 2.75) is 13.3 Å². The van der Waals surface area contributed by atoms with Crippen LogP contribution in [0.25, 0.3) is 11.1 Å². The zero-order chi connectivity index (χ0) is 14.3. The summed E-state index contributed by atoms with van der Waals surface area (Å²) in [4.78, 5) is 0. The van der Waals surface area contributed by atoms with Crippen LogP contribution >= 0.6 is 11.6 Å². The Bertz CT molecular complexity index is 667. The van der Waals surface area contributed by atoms with E-state index < -0.39 is 0 Å². The summed E-state index contributed by atoms with van der Waals surface area (Å²) in [6, 6.07) is 1.79. The highest BCUT2D eigenvalue weighted by molar-refractivity contribution is 6.34. The highest BCUT2D eigenvalue weighted by Crippen LogP contribution is 2.44. The summed E-state index contributed by atoms with van der Waals surface area (Å²) in [6.45, 7) is 3.23. The number of anilines is 1. The van der Waals surface area contributed by atoms with Gasteiger partial charge in [0.15, 0.2) is 11.5 Å². The lowest BCUT2D eigenvalue weighted by Gasteiger charge is -2.15. The molecule has 3 rings (SSSR count). The number of benzene rings is 1. The molecule has 0 atom stereocenters. The normalized spacial score (nSPS) is 14.2. The number of aryl methyl sites for hydroxylation is 1. The number of fused-ring (bicyclic) bond motifs is 1. The lowest BCUT2D eigenvalue weighted by Crippen LogP contribution is -2.00. The van der Waals surface area contributed by atoms with E-state index in [1.807, 2.05) is 6.92 Å². The van der Waals surface area contributed by atoms with Crippen molar-refractivity contribution in [2.24, 2.45) is 7.05 Å². The van der Waals surface area contributed by atoms with Gasteiger partial charge in [-0.15, -0.1) is 0 Å². The summed E-state index contributed by atoms with van der Waals surface area (Å²) in [5, 5.41) is 4.76. The lowest BCUT2D eigenvalue weighted by molar-refractivity contribution is 0.296. The van der Waals surface area contributed by atoms with E-state index in [1.54, 1.807) is 24.0 Å². The van der Waals surface area contributed by atoms with Gasteiger partial charge in [0.2, 0.25) is 0 Å².